The van der Waals surface area contributed by atoms with Gasteiger partial charge in [0.15, 0.2) is 0 Å². The number of hydrogen-bond donors (Lipinski definition) is 1. The number of nitro benzene ring substituents is 1. The Kier molecular flexibility index (Phi) is 3.74. The molecule has 1 aromatic heterocycles. The van der Waals surface area contributed by atoms with E-state index < -0.39 is 4.92 Å². The predicted molar refractivity (Wildman–Crippen MR) is 74.8 cm³/mol. The third kappa shape index (κ3) is 2.97. The Balaban J connectivity index is 2.25. The lowest BCUT2D eigenvalue weighted by molar-refractivity contribution is -0.384. The van der Waals surface area contributed by atoms with Crippen molar-refractivity contribution in [2.24, 2.45) is 0 Å². The highest BCUT2D eigenvalue weighted by Crippen LogP contribution is 2.22. The molecule has 2 rings (SSSR count). The first-order valence-corrected chi connectivity index (χ1v) is 5.96. The first-order valence-electron chi connectivity index (χ1n) is 5.96. The molecule has 0 radical (unpaired) electrons. The SMILES string of the molecule is Cc1ccc(C(=O)Nc2cc([N+](=O)[O-])ccc2C)cn1. The van der Waals surface area contributed by atoms with Crippen LogP contribution in [0.2, 0.25) is 0 Å². The number of aryl methyl sites for hydroxylation is 2. The Hall–Kier alpha value is -2.76. The second-order valence-electron chi connectivity index (χ2n) is 4.40. The lowest BCUT2D eigenvalue weighted by Gasteiger charge is -2.08. The van der Waals surface area contributed by atoms with Crippen molar-refractivity contribution >= 4 is 17.3 Å². The molecule has 1 amide bonds. The highest BCUT2D eigenvalue weighted by Gasteiger charge is 2.12. The number of anilines is 1. The van der Waals surface area contributed by atoms with Crippen LogP contribution < -0.4 is 5.32 Å². The molecule has 0 fully saturated rings. The Morgan fingerprint density at radius 3 is 2.60 bits per heavy atom. The van der Waals surface area contributed by atoms with E-state index >= 15 is 0 Å². The number of nitrogens with one attached hydrogen (secondary N) is 1. The van der Waals surface area contributed by atoms with Crippen LogP contribution in [0.5, 0.6) is 0 Å². The molecular formula is C14H13N3O3. The maximum Gasteiger partial charge on any atom is 0.271 e. The smallest absolute Gasteiger partial charge is 0.271 e. The molecule has 0 unspecified atom stereocenters. The molecule has 0 bridgehead atoms. The highest BCUT2D eigenvalue weighted by molar-refractivity contribution is 6.04. The van der Waals surface area contributed by atoms with Crippen LogP contribution in [-0.2, 0) is 0 Å². The number of nitrogens with zero attached hydrogens (tertiary/aromatic N) is 2. The van der Waals surface area contributed by atoms with Crippen molar-refractivity contribution in [2.45, 2.75) is 13.8 Å². The van der Waals surface area contributed by atoms with Crippen LogP contribution in [0.3, 0.4) is 0 Å². The normalized spacial score (nSPS) is 10.1. The molecule has 6 nitrogen and oxygen atoms in total. The first kappa shape index (κ1) is 13.7. The number of carbonyl (C=O) groups excluding carboxylic acids is 1. The van der Waals surface area contributed by atoms with Crippen LogP contribution in [0.25, 0.3) is 0 Å². The fraction of sp³-hybridized carbons (Fsp3) is 0.143. The average Bonchev–Trinajstić information content (AvgIpc) is 2.41. The highest BCUT2D eigenvalue weighted by atomic mass is 16.6. The fourth-order valence-electron chi connectivity index (χ4n) is 1.65. The van der Waals surface area contributed by atoms with Crippen molar-refractivity contribution in [2.75, 3.05) is 5.32 Å². The second kappa shape index (κ2) is 5.48. The summed E-state index contributed by atoms with van der Waals surface area (Å²) in [6, 6.07) is 7.73. The van der Waals surface area contributed by atoms with Crippen molar-refractivity contribution in [3.8, 4) is 0 Å². The van der Waals surface area contributed by atoms with E-state index in [0.29, 0.717) is 11.3 Å². The monoisotopic (exact) mass is 271 g/mol. The minimum absolute atomic E-state index is 0.0621. The Bertz CT molecular complexity index is 666. The predicted octanol–water partition coefficient (Wildman–Crippen LogP) is 2.86. The topological polar surface area (TPSA) is 85.1 Å². The zero-order valence-electron chi connectivity index (χ0n) is 11.1. The molecule has 20 heavy (non-hydrogen) atoms. The van der Waals surface area contributed by atoms with Crippen molar-refractivity contribution in [3.63, 3.8) is 0 Å². The molecule has 0 aliphatic rings. The molecule has 0 atom stereocenters. The van der Waals surface area contributed by atoms with Crippen molar-refractivity contribution in [1.82, 2.24) is 4.98 Å². The van der Waals surface area contributed by atoms with Gasteiger partial charge in [0.2, 0.25) is 0 Å². The minimum Gasteiger partial charge on any atom is -0.321 e. The first-order chi connectivity index (χ1) is 9.47. The van der Waals surface area contributed by atoms with Crippen LogP contribution in [0.1, 0.15) is 21.6 Å². The molecule has 0 saturated carbocycles. The quantitative estimate of drug-likeness (QED) is 0.687. The largest absolute Gasteiger partial charge is 0.321 e. The van der Waals surface area contributed by atoms with E-state index in [9.17, 15) is 14.9 Å². The summed E-state index contributed by atoms with van der Waals surface area (Å²) in [6.45, 7) is 3.60. The van der Waals surface area contributed by atoms with Gasteiger partial charge in [-0.15, -0.1) is 0 Å². The van der Waals surface area contributed by atoms with E-state index in [1.807, 2.05) is 6.92 Å². The van der Waals surface area contributed by atoms with E-state index in [-0.39, 0.29) is 11.6 Å². The summed E-state index contributed by atoms with van der Waals surface area (Å²) < 4.78 is 0. The summed E-state index contributed by atoms with van der Waals surface area (Å²) in [4.78, 5) is 26.3. The van der Waals surface area contributed by atoms with E-state index in [0.717, 1.165) is 11.3 Å². The number of non-ortho nitro benzene ring substituents is 1. The van der Waals surface area contributed by atoms with Gasteiger partial charge < -0.3 is 5.32 Å². The van der Waals surface area contributed by atoms with Crippen LogP contribution >= 0.6 is 0 Å². The van der Waals surface area contributed by atoms with E-state index in [4.69, 9.17) is 0 Å². The van der Waals surface area contributed by atoms with Crippen molar-refractivity contribution in [3.05, 3.63) is 63.5 Å². The number of carbonyl (C=O) groups is 1. The van der Waals surface area contributed by atoms with Gasteiger partial charge in [-0.2, -0.15) is 0 Å². The average molecular weight is 271 g/mol. The zero-order chi connectivity index (χ0) is 14.7. The van der Waals surface area contributed by atoms with Crippen LogP contribution in [0, 0.1) is 24.0 Å². The lowest BCUT2D eigenvalue weighted by Crippen LogP contribution is -2.13. The van der Waals surface area contributed by atoms with Gasteiger partial charge in [-0.3, -0.25) is 19.9 Å². The molecular weight excluding hydrogens is 258 g/mol. The van der Waals surface area contributed by atoms with Crippen LogP contribution in [0.4, 0.5) is 11.4 Å². The number of amides is 1. The van der Waals surface area contributed by atoms with Gasteiger partial charge in [0.05, 0.1) is 16.2 Å². The summed E-state index contributed by atoms with van der Waals surface area (Å²) in [5, 5.41) is 13.4. The molecule has 1 heterocycles. The van der Waals surface area contributed by atoms with Crippen molar-refractivity contribution < 1.29 is 9.72 Å². The maximum atomic E-state index is 12.0. The molecule has 0 aliphatic carbocycles. The Labute approximate surface area is 115 Å². The standard InChI is InChI=1S/C14H13N3O3/c1-9-3-6-12(17(19)20)7-13(9)16-14(18)11-5-4-10(2)15-8-11/h3-8H,1-2H3,(H,16,18). The van der Waals surface area contributed by atoms with Crippen LogP contribution in [0.15, 0.2) is 36.5 Å². The number of pyridine rings is 1. The summed E-state index contributed by atoms with van der Waals surface area (Å²) >= 11 is 0. The lowest BCUT2D eigenvalue weighted by atomic mass is 10.1. The molecule has 0 spiro atoms. The number of nitro groups is 1. The number of benzene rings is 1. The van der Waals surface area contributed by atoms with E-state index in [2.05, 4.69) is 10.3 Å². The van der Waals surface area contributed by atoms with Gasteiger partial charge in [0.1, 0.15) is 0 Å². The van der Waals surface area contributed by atoms with Gasteiger partial charge in [0.25, 0.3) is 11.6 Å². The summed E-state index contributed by atoms with van der Waals surface area (Å²) in [6.07, 6.45) is 1.47. The number of hydrogen-bond acceptors (Lipinski definition) is 4. The number of aromatic nitrogens is 1. The minimum atomic E-state index is -0.497. The number of rotatable bonds is 3. The Morgan fingerprint density at radius 1 is 1.25 bits per heavy atom. The molecule has 0 aliphatic heterocycles. The van der Waals surface area contributed by atoms with Gasteiger partial charge in [0, 0.05) is 24.0 Å². The summed E-state index contributed by atoms with van der Waals surface area (Å²) in [5.41, 5.74) is 2.33. The second-order valence-corrected chi connectivity index (χ2v) is 4.40. The molecule has 1 aromatic carbocycles. The maximum absolute atomic E-state index is 12.0. The van der Waals surface area contributed by atoms with Gasteiger partial charge in [-0.1, -0.05) is 6.07 Å². The molecule has 0 saturated heterocycles. The van der Waals surface area contributed by atoms with Gasteiger partial charge in [-0.05, 0) is 31.5 Å². The van der Waals surface area contributed by atoms with Gasteiger partial charge in [-0.25, -0.2) is 0 Å². The fourth-order valence-corrected chi connectivity index (χ4v) is 1.65. The van der Waals surface area contributed by atoms with Crippen molar-refractivity contribution in [1.29, 1.82) is 0 Å². The van der Waals surface area contributed by atoms with Gasteiger partial charge >= 0.3 is 0 Å². The third-order valence-corrected chi connectivity index (χ3v) is 2.85. The Morgan fingerprint density at radius 2 is 2.00 bits per heavy atom. The molecule has 102 valence electrons. The molecule has 1 N–H and O–H groups in total. The van der Waals surface area contributed by atoms with Crippen LogP contribution in [-0.4, -0.2) is 15.8 Å². The zero-order valence-corrected chi connectivity index (χ0v) is 11.1. The summed E-state index contributed by atoms with van der Waals surface area (Å²) in [5.74, 6) is -0.346. The summed E-state index contributed by atoms with van der Waals surface area (Å²) in [7, 11) is 0. The van der Waals surface area contributed by atoms with E-state index in [1.54, 1.807) is 25.1 Å². The van der Waals surface area contributed by atoms with E-state index in [1.165, 1.54) is 18.3 Å². The molecule has 6 heteroatoms. The molecule has 2 aromatic rings. The third-order valence-electron chi connectivity index (χ3n) is 2.85.